The Morgan fingerprint density at radius 1 is 1.08 bits per heavy atom. The van der Waals surface area contributed by atoms with Crippen LogP contribution in [0, 0.1) is 11.6 Å². The van der Waals surface area contributed by atoms with E-state index in [-0.39, 0.29) is 11.5 Å². The van der Waals surface area contributed by atoms with Gasteiger partial charge in [-0.2, -0.15) is 0 Å². The molecule has 2 aromatic carbocycles. The van der Waals surface area contributed by atoms with E-state index in [1.807, 2.05) is 19.2 Å². The Balaban J connectivity index is 1.71. The first-order chi connectivity index (χ1) is 11.5. The van der Waals surface area contributed by atoms with E-state index in [0.29, 0.717) is 13.1 Å². The third-order valence-electron chi connectivity index (χ3n) is 4.65. The van der Waals surface area contributed by atoms with Gasteiger partial charge >= 0.3 is 0 Å². The highest BCUT2D eigenvalue weighted by molar-refractivity contribution is 5.95. The lowest BCUT2D eigenvalue weighted by Gasteiger charge is -2.21. The Bertz CT molecular complexity index is 961. The van der Waals surface area contributed by atoms with Gasteiger partial charge < -0.3 is 9.47 Å². The maximum atomic E-state index is 13.4. The second-order valence-corrected chi connectivity index (χ2v) is 6.18. The monoisotopic (exact) mass is 326 g/mol. The third-order valence-corrected chi connectivity index (χ3v) is 4.65. The lowest BCUT2D eigenvalue weighted by atomic mass is 10.1. The van der Waals surface area contributed by atoms with Gasteiger partial charge in [0.1, 0.15) is 0 Å². The van der Waals surface area contributed by atoms with Crippen molar-refractivity contribution < 1.29 is 13.6 Å². The molecule has 1 aromatic heterocycles. The minimum Gasteiger partial charge on any atom is -0.350 e. The van der Waals surface area contributed by atoms with Crippen LogP contribution < -0.4 is 0 Å². The van der Waals surface area contributed by atoms with Crippen molar-refractivity contribution in [2.75, 3.05) is 6.54 Å². The van der Waals surface area contributed by atoms with E-state index in [1.54, 1.807) is 4.90 Å². The molecule has 0 unspecified atom stereocenters. The number of amides is 1. The molecule has 24 heavy (non-hydrogen) atoms. The molecule has 0 bridgehead atoms. The fourth-order valence-corrected chi connectivity index (χ4v) is 3.47. The van der Waals surface area contributed by atoms with E-state index in [1.165, 1.54) is 17.0 Å². The maximum Gasteiger partial charge on any atom is 0.254 e. The average molecular weight is 326 g/mol. The number of aromatic nitrogens is 1. The molecule has 1 aliphatic rings. The average Bonchev–Trinajstić information content (AvgIpc) is 2.78. The highest BCUT2D eigenvalue weighted by atomic mass is 19.2. The Kier molecular flexibility index (Phi) is 3.37. The van der Waals surface area contributed by atoms with Crippen LogP contribution in [0.2, 0.25) is 0 Å². The summed E-state index contributed by atoms with van der Waals surface area (Å²) in [6, 6.07) is 9.36. The number of carbonyl (C=O) groups excluding carboxylic acids is 1. The molecule has 5 heteroatoms. The molecule has 0 spiro atoms. The Labute approximate surface area is 138 Å². The largest absolute Gasteiger partial charge is 0.350 e. The second-order valence-electron chi connectivity index (χ2n) is 6.18. The number of hydrogen-bond acceptors (Lipinski definition) is 1. The van der Waals surface area contributed by atoms with Gasteiger partial charge in [-0.15, -0.1) is 0 Å². The zero-order valence-electron chi connectivity index (χ0n) is 13.2. The molecule has 0 saturated carbocycles. The van der Waals surface area contributed by atoms with Crippen LogP contribution in [0.3, 0.4) is 0 Å². The van der Waals surface area contributed by atoms with Crippen molar-refractivity contribution in [3.05, 3.63) is 70.9 Å². The van der Waals surface area contributed by atoms with E-state index in [0.717, 1.165) is 29.6 Å². The number of nitrogens with zero attached hydrogens (tertiary/aromatic N) is 2. The van der Waals surface area contributed by atoms with Crippen LogP contribution in [0.1, 0.15) is 21.5 Å². The lowest BCUT2D eigenvalue weighted by Crippen LogP contribution is -2.31. The second kappa shape index (κ2) is 5.44. The van der Waals surface area contributed by atoms with Crippen molar-refractivity contribution in [3.63, 3.8) is 0 Å². The molecule has 0 aliphatic carbocycles. The number of halogens is 2. The molecule has 122 valence electrons. The summed E-state index contributed by atoms with van der Waals surface area (Å²) in [5.41, 5.74) is 3.61. The van der Waals surface area contributed by atoms with Gasteiger partial charge in [0.05, 0.1) is 0 Å². The van der Waals surface area contributed by atoms with Gasteiger partial charge in [-0.3, -0.25) is 4.79 Å². The third kappa shape index (κ3) is 2.28. The van der Waals surface area contributed by atoms with Crippen LogP contribution in [0.15, 0.2) is 42.6 Å². The van der Waals surface area contributed by atoms with E-state index in [9.17, 15) is 13.6 Å². The summed E-state index contributed by atoms with van der Waals surface area (Å²) in [6.07, 6.45) is 2.84. The minimum atomic E-state index is -0.998. The highest BCUT2D eigenvalue weighted by Crippen LogP contribution is 2.29. The quantitative estimate of drug-likeness (QED) is 0.670. The van der Waals surface area contributed by atoms with Gasteiger partial charge in [-0.05, 0) is 41.8 Å². The first-order valence-electron chi connectivity index (χ1n) is 7.85. The van der Waals surface area contributed by atoms with E-state index in [2.05, 4.69) is 16.8 Å². The van der Waals surface area contributed by atoms with Crippen molar-refractivity contribution in [2.24, 2.45) is 7.05 Å². The fraction of sp³-hybridized carbons (Fsp3) is 0.211. The molecule has 1 amide bonds. The zero-order chi connectivity index (χ0) is 16.8. The molecule has 0 saturated heterocycles. The Morgan fingerprint density at radius 2 is 1.92 bits per heavy atom. The number of aryl methyl sites for hydroxylation is 1. The Morgan fingerprint density at radius 3 is 2.71 bits per heavy atom. The molecular formula is C19H16F2N2O. The van der Waals surface area contributed by atoms with E-state index >= 15 is 0 Å². The Hall–Kier alpha value is -2.69. The summed E-state index contributed by atoms with van der Waals surface area (Å²) in [5.74, 6) is -2.22. The van der Waals surface area contributed by atoms with Crippen LogP contribution in [0.4, 0.5) is 8.78 Å². The summed E-state index contributed by atoms with van der Waals surface area (Å²) in [6.45, 7) is 1.01. The van der Waals surface area contributed by atoms with Gasteiger partial charge in [-0.1, -0.05) is 12.1 Å². The van der Waals surface area contributed by atoms with E-state index < -0.39 is 11.6 Å². The number of benzene rings is 2. The maximum absolute atomic E-state index is 13.4. The van der Waals surface area contributed by atoms with Crippen LogP contribution in [-0.2, 0) is 20.0 Å². The summed E-state index contributed by atoms with van der Waals surface area (Å²) in [7, 11) is 2.02. The van der Waals surface area contributed by atoms with Crippen LogP contribution in [0.5, 0.6) is 0 Å². The van der Waals surface area contributed by atoms with Crippen molar-refractivity contribution in [3.8, 4) is 0 Å². The lowest BCUT2D eigenvalue weighted by molar-refractivity contribution is 0.0747. The summed E-state index contributed by atoms with van der Waals surface area (Å²) < 4.78 is 28.6. The molecule has 1 aliphatic heterocycles. The molecule has 0 atom stereocenters. The highest BCUT2D eigenvalue weighted by Gasteiger charge is 2.23. The zero-order valence-corrected chi connectivity index (χ0v) is 13.2. The molecule has 0 N–H and O–H groups in total. The number of rotatable bonds is 1. The van der Waals surface area contributed by atoms with Crippen molar-refractivity contribution >= 4 is 16.8 Å². The van der Waals surface area contributed by atoms with Gasteiger partial charge in [0.25, 0.3) is 5.91 Å². The SMILES string of the molecule is Cn1cc2c3c(cccc31)CN(C(=O)c1ccc(F)c(F)c1)CC2. The fourth-order valence-electron chi connectivity index (χ4n) is 3.47. The normalized spacial score (nSPS) is 14.0. The number of carbonyl (C=O) groups is 1. The molecule has 2 heterocycles. The number of hydrogen-bond donors (Lipinski definition) is 0. The molecule has 3 aromatic rings. The molecule has 0 fully saturated rings. The van der Waals surface area contributed by atoms with Gasteiger partial charge in [0, 0.05) is 42.8 Å². The van der Waals surface area contributed by atoms with Gasteiger partial charge in [-0.25, -0.2) is 8.78 Å². The van der Waals surface area contributed by atoms with Crippen LogP contribution >= 0.6 is 0 Å². The molecule has 0 radical (unpaired) electrons. The van der Waals surface area contributed by atoms with Crippen LogP contribution in [-0.4, -0.2) is 21.9 Å². The molecular weight excluding hydrogens is 310 g/mol. The predicted octanol–water partition coefficient (Wildman–Crippen LogP) is 3.66. The van der Waals surface area contributed by atoms with Crippen molar-refractivity contribution in [2.45, 2.75) is 13.0 Å². The summed E-state index contributed by atoms with van der Waals surface area (Å²) >= 11 is 0. The molecule has 3 nitrogen and oxygen atoms in total. The van der Waals surface area contributed by atoms with Crippen molar-refractivity contribution in [1.82, 2.24) is 9.47 Å². The topological polar surface area (TPSA) is 25.2 Å². The van der Waals surface area contributed by atoms with Crippen LogP contribution in [0.25, 0.3) is 10.9 Å². The smallest absolute Gasteiger partial charge is 0.254 e. The minimum absolute atomic E-state index is 0.174. The summed E-state index contributed by atoms with van der Waals surface area (Å²) in [4.78, 5) is 14.4. The first kappa shape index (κ1) is 14.9. The summed E-state index contributed by atoms with van der Waals surface area (Å²) in [5, 5.41) is 1.19. The van der Waals surface area contributed by atoms with E-state index in [4.69, 9.17) is 0 Å². The standard InChI is InChI=1S/C19H16F2N2O/c1-22-10-14-7-8-23(11-13-3-2-4-17(22)18(13)14)19(24)12-5-6-15(20)16(21)9-12/h2-6,9-10H,7-8,11H2,1H3. The predicted molar refractivity (Wildman–Crippen MR) is 87.7 cm³/mol. The molecule has 4 rings (SSSR count). The first-order valence-corrected chi connectivity index (χ1v) is 7.85. The van der Waals surface area contributed by atoms with Gasteiger partial charge in [0.2, 0.25) is 0 Å². The van der Waals surface area contributed by atoms with Gasteiger partial charge in [0.15, 0.2) is 11.6 Å². The van der Waals surface area contributed by atoms with Crippen molar-refractivity contribution in [1.29, 1.82) is 0 Å².